The summed E-state index contributed by atoms with van der Waals surface area (Å²) in [5.74, 6) is -0.200. The average Bonchev–Trinajstić information content (AvgIpc) is 2.40. The van der Waals surface area contributed by atoms with Gasteiger partial charge in [-0.2, -0.15) is 0 Å². The van der Waals surface area contributed by atoms with Gasteiger partial charge in [0.25, 0.3) is 0 Å². The van der Waals surface area contributed by atoms with Crippen LogP contribution in [0, 0.1) is 5.82 Å². The fraction of sp³-hybridized carbons (Fsp3) is 0.571. The second-order valence-corrected chi connectivity index (χ2v) is 5.00. The molecule has 1 heterocycles. The van der Waals surface area contributed by atoms with Crippen molar-refractivity contribution in [3.63, 3.8) is 0 Å². The minimum Gasteiger partial charge on any atom is -0.488 e. The molecule has 1 aromatic rings. The molecule has 1 saturated heterocycles. The zero-order valence-electron chi connectivity index (χ0n) is 11.3. The van der Waals surface area contributed by atoms with Crippen LogP contribution in [0.1, 0.15) is 0 Å². The molecule has 1 aliphatic heterocycles. The standard InChI is InChI=1S/C14H21FN2O2/c1-16-6-8-17(9-7-16)10-12(18)11-19-14-5-3-2-4-13(14)15/h2-5,12,18H,6-11H2,1H3/t12-/m0/s1. The summed E-state index contributed by atoms with van der Waals surface area (Å²) in [5, 5.41) is 9.92. The van der Waals surface area contributed by atoms with E-state index in [0.717, 1.165) is 26.2 Å². The fourth-order valence-electron chi connectivity index (χ4n) is 2.13. The van der Waals surface area contributed by atoms with Gasteiger partial charge in [0.2, 0.25) is 0 Å². The Balaban J connectivity index is 1.73. The van der Waals surface area contributed by atoms with Crippen molar-refractivity contribution < 1.29 is 14.2 Å². The predicted molar refractivity (Wildman–Crippen MR) is 71.8 cm³/mol. The van der Waals surface area contributed by atoms with E-state index in [9.17, 15) is 9.50 Å². The van der Waals surface area contributed by atoms with Gasteiger partial charge in [0.15, 0.2) is 11.6 Å². The summed E-state index contributed by atoms with van der Waals surface area (Å²) in [5.41, 5.74) is 0. The molecule has 19 heavy (non-hydrogen) atoms. The largest absolute Gasteiger partial charge is 0.488 e. The van der Waals surface area contributed by atoms with E-state index in [2.05, 4.69) is 16.8 Å². The Morgan fingerprint density at radius 3 is 2.63 bits per heavy atom. The first-order valence-electron chi connectivity index (χ1n) is 6.61. The van der Waals surface area contributed by atoms with Gasteiger partial charge in [-0.3, -0.25) is 4.90 Å². The number of hydrogen-bond acceptors (Lipinski definition) is 4. The second-order valence-electron chi connectivity index (χ2n) is 5.00. The Morgan fingerprint density at radius 1 is 1.26 bits per heavy atom. The molecule has 1 fully saturated rings. The van der Waals surface area contributed by atoms with Crippen molar-refractivity contribution in [2.45, 2.75) is 6.10 Å². The number of aliphatic hydroxyl groups excluding tert-OH is 1. The topological polar surface area (TPSA) is 35.9 Å². The molecule has 2 rings (SSSR count). The summed E-state index contributed by atoms with van der Waals surface area (Å²) >= 11 is 0. The molecule has 0 spiro atoms. The van der Waals surface area contributed by atoms with E-state index < -0.39 is 11.9 Å². The molecule has 0 aliphatic carbocycles. The van der Waals surface area contributed by atoms with Crippen LogP contribution in [-0.4, -0.2) is 67.4 Å². The lowest BCUT2D eigenvalue weighted by Gasteiger charge is -2.33. The number of likely N-dealkylation sites (N-methyl/N-ethyl adjacent to an activating group) is 1. The minimum absolute atomic E-state index is 0.118. The van der Waals surface area contributed by atoms with Crippen molar-refractivity contribution in [1.82, 2.24) is 9.80 Å². The minimum atomic E-state index is -0.594. The molecule has 1 aromatic carbocycles. The van der Waals surface area contributed by atoms with Crippen molar-refractivity contribution in [2.75, 3.05) is 46.4 Å². The van der Waals surface area contributed by atoms with Crippen LogP contribution in [0.5, 0.6) is 5.75 Å². The number of nitrogens with zero attached hydrogens (tertiary/aromatic N) is 2. The highest BCUT2D eigenvalue weighted by atomic mass is 19.1. The van der Waals surface area contributed by atoms with Gasteiger partial charge in [0.1, 0.15) is 12.7 Å². The Hall–Kier alpha value is -1.17. The Labute approximate surface area is 113 Å². The van der Waals surface area contributed by atoms with E-state index in [1.165, 1.54) is 6.07 Å². The highest BCUT2D eigenvalue weighted by molar-refractivity contribution is 5.23. The summed E-state index contributed by atoms with van der Waals surface area (Å²) in [6, 6.07) is 6.24. The molecule has 4 nitrogen and oxygen atoms in total. The third-order valence-electron chi connectivity index (χ3n) is 3.33. The van der Waals surface area contributed by atoms with Crippen molar-refractivity contribution in [2.24, 2.45) is 0 Å². The van der Waals surface area contributed by atoms with Crippen molar-refractivity contribution >= 4 is 0 Å². The first-order chi connectivity index (χ1) is 9.15. The number of aliphatic hydroxyl groups is 1. The summed E-state index contributed by atoms with van der Waals surface area (Å²) < 4.78 is 18.6. The maximum Gasteiger partial charge on any atom is 0.165 e. The first-order valence-corrected chi connectivity index (χ1v) is 6.61. The van der Waals surface area contributed by atoms with E-state index in [0.29, 0.717) is 6.54 Å². The molecule has 0 aromatic heterocycles. The molecule has 1 aliphatic rings. The summed E-state index contributed by atoms with van der Waals surface area (Å²) in [4.78, 5) is 4.47. The zero-order valence-corrected chi connectivity index (χ0v) is 11.3. The van der Waals surface area contributed by atoms with E-state index in [1.807, 2.05) is 0 Å². The predicted octanol–water partition coefficient (Wildman–Crippen LogP) is 0.813. The third-order valence-corrected chi connectivity index (χ3v) is 3.33. The van der Waals surface area contributed by atoms with Gasteiger partial charge in [-0.1, -0.05) is 12.1 Å². The Kier molecular flexibility index (Phi) is 5.13. The van der Waals surface area contributed by atoms with Crippen LogP contribution < -0.4 is 4.74 Å². The number of para-hydroxylation sites is 1. The quantitative estimate of drug-likeness (QED) is 0.857. The number of piperazine rings is 1. The van der Waals surface area contributed by atoms with Crippen LogP contribution >= 0.6 is 0 Å². The SMILES string of the molecule is CN1CCN(C[C@H](O)COc2ccccc2F)CC1. The number of benzene rings is 1. The lowest BCUT2D eigenvalue weighted by molar-refractivity contribution is 0.0495. The number of hydrogen-bond donors (Lipinski definition) is 1. The van der Waals surface area contributed by atoms with Gasteiger partial charge in [0.05, 0.1) is 0 Å². The molecule has 0 amide bonds. The van der Waals surface area contributed by atoms with Gasteiger partial charge < -0.3 is 14.7 Å². The van der Waals surface area contributed by atoms with Gasteiger partial charge >= 0.3 is 0 Å². The number of β-amino-alcohol motifs (C(OH)–C–C–N with tert-alkyl or cyclic N) is 1. The smallest absolute Gasteiger partial charge is 0.165 e. The van der Waals surface area contributed by atoms with Gasteiger partial charge in [-0.05, 0) is 19.2 Å². The number of ether oxygens (including phenoxy) is 1. The highest BCUT2D eigenvalue weighted by Crippen LogP contribution is 2.15. The maximum absolute atomic E-state index is 13.3. The number of halogens is 1. The molecule has 106 valence electrons. The number of rotatable bonds is 5. The van der Waals surface area contributed by atoms with Crippen molar-refractivity contribution in [1.29, 1.82) is 0 Å². The lowest BCUT2D eigenvalue weighted by atomic mass is 10.2. The van der Waals surface area contributed by atoms with Crippen LogP contribution in [-0.2, 0) is 0 Å². The molecule has 1 N–H and O–H groups in total. The maximum atomic E-state index is 13.3. The van der Waals surface area contributed by atoms with Crippen LogP contribution in [0.4, 0.5) is 4.39 Å². The second kappa shape index (κ2) is 6.84. The molecular formula is C14H21FN2O2. The van der Waals surface area contributed by atoms with Gasteiger partial charge in [-0.15, -0.1) is 0 Å². The summed E-state index contributed by atoms with van der Waals surface area (Å²) in [7, 11) is 2.09. The molecule has 1 atom stereocenters. The normalized spacial score (nSPS) is 19.3. The van der Waals surface area contributed by atoms with Crippen LogP contribution in [0.15, 0.2) is 24.3 Å². The Morgan fingerprint density at radius 2 is 1.95 bits per heavy atom. The van der Waals surface area contributed by atoms with E-state index in [4.69, 9.17) is 4.74 Å². The van der Waals surface area contributed by atoms with Crippen molar-refractivity contribution in [3.05, 3.63) is 30.1 Å². The molecule has 0 unspecified atom stereocenters. The summed E-state index contributed by atoms with van der Waals surface area (Å²) in [6.07, 6.45) is -0.594. The average molecular weight is 268 g/mol. The zero-order chi connectivity index (χ0) is 13.7. The van der Waals surface area contributed by atoms with E-state index in [-0.39, 0.29) is 12.4 Å². The molecule has 0 bridgehead atoms. The molecular weight excluding hydrogens is 247 g/mol. The van der Waals surface area contributed by atoms with E-state index in [1.54, 1.807) is 18.2 Å². The fourth-order valence-corrected chi connectivity index (χ4v) is 2.13. The lowest BCUT2D eigenvalue weighted by Crippen LogP contribution is -2.47. The Bertz CT molecular complexity index is 395. The van der Waals surface area contributed by atoms with E-state index >= 15 is 0 Å². The van der Waals surface area contributed by atoms with Crippen LogP contribution in [0.25, 0.3) is 0 Å². The summed E-state index contributed by atoms with van der Waals surface area (Å²) in [6.45, 7) is 4.62. The van der Waals surface area contributed by atoms with Crippen LogP contribution in [0.2, 0.25) is 0 Å². The molecule has 0 radical (unpaired) electrons. The van der Waals surface area contributed by atoms with Gasteiger partial charge in [0, 0.05) is 32.7 Å². The van der Waals surface area contributed by atoms with Gasteiger partial charge in [-0.25, -0.2) is 4.39 Å². The first kappa shape index (κ1) is 14.2. The monoisotopic (exact) mass is 268 g/mol. The highest BCUT2D eigenvalue weighted by Gasteiger charge is 2.17. The third kappa shape index (κ3) is 4.45. The molecule has 0 saturated carbocycles. The van der Waals surface area contributed by atoms with Crippen LogP contribution in [0.3, 0.4) is 0 Å². The molecule has 5 heteroatoms. The van der Waals surface area contributed by atoms with Crippen molar-refractivity contribution in [3.8, 4) is 5.75 Å².